The summed E-state index contributed by atoms with van der Waals surface area (Å²) in [5.41, 5.74) is 1.81. The number of nitrogens with one attached hydrogen (secondary N) is 2. The fourth-order valence-electron chi connectivity index (χ4n) is 3.32. The van der Waals surface area contributed by atoms with Crippen LogP contribution in [0.15, 0.2) is 28.1 Å². The van der Waals surface area contributed by atoms with Crippen LogP contribution >= 0.6 is 0 Å². The normalized spacial score (nSPS) is 16.0. The first kappa shape index (κ1) is 20.7. The van der Waals surface area contributed by atoms with Crippen molar-refractivity contribution in [3.8, 4) is 0 Å². The van der Waals surface area contributed by atoms with Crippen LogP contribution in [-0.2, 0) is 16.4 Å². The Kier molecular flexibility index (Phi) is 7.90. The van der Waals surface area contributed by atoms with E-state index in [0.29, 0.717) is 11.4 Å². The Morgan fingerprint density at radius 1 is 1.19 bits per heavy atom. The van der Waals surface area contributed by atoms with Crippen LogP contribution in [0.4, 0.5) is 0 Å². The molecule has 1 heterocycles. The molecule has 1 saturated heterocycles. The third-order valence-corrected chi connectivity index (χ3v) is 5.97. The van der Waals surface area contributed by atoms with Crippen molar-refractivity contribution in [1.82, 2.24) is 15.5 Å². The molecule has 1 aliphatic rings. The summed E-state index contributed by atoms with van der Waals surface area (Å²) in [7, 11) is -1.41. The van der Waals surface area contributed by atoms with Crippen molar-refractivity contribution in [1.29, 1.82) is 0 Å². The summed E-state index contributed by atoms with van der Waals surface area (Å²) >= 11 is 0. The summed E-state index contributed by atoms with van der Waals surface area (Å²) in [6, 6.07) is 5.43. The lowest BCUT2D eigenvalue weighted by Crippen LogP contribution is -2.37. The Morgan fingerprint density at radius 2 is 1.92 bits per heavy atom. The maximum atomic E-state index is 11.7. The summed E-state index contributed by atoms with van der Waals surface area (Å²) in [5.74, 6) is 0.774. The van der Waals surface area contributed by atoms with Gasteiger partial charge in [0.15, 0.2) is 15.8 Å². The van der Waals surface area contributed by atoms with Gasteiger partial charge in [-0.2, -0.15) is 0 Å². The minimum Gasteiger partial charge on any atom is -0.356 e. The van der Waals surface area contributed by atoms with Crippen LogP contribution in [0, 0.1) is 6.92 Å². The van der Waals surface area contributed by atoms with Gasteiger partial charge in [0, 0.05) is 26.4 Å². The van der Waals surface area contributed by atoms with Crippen LogP contribution in [0.2, 0.25) is 0 Å². The number of rotatable bonds is 8. The van der Waals surface area contributed by atoms with Crippen molar-refractivity contribution in [3.63, 3.8) is 0 Å². The number of guanidine groups is 1. The molecule has 7 heteroatoms. The molecule has 2 N–H and O–H groups in total. The molecule has 0 unspecified atom stereocenters. The van der Waals surface area contributed by atoms with Gasteiger partial charge in [0.1, 0.15) is 0 Å². The molecule has 0 saturated carbocycles. The van der Waals surface area contributed by atoms with Crippen molar-refractivity contribution in [2.75, 3.05) is 39.5 Å². The fourth-order valence-corrected chi connectivity index (χ4v) is 4.28. The Hall–Kier alpha value is -1.60. The molecule has 0 spiro atoms. The lowest BCUT2D eigenvalue weighted by Gasteiger charge is -2.15. The number of aliphatic imine (C=N–C) groups is 1. The fraction of sp³-hybridized carbons (Fsp3) is 0.632. The summed E-state index contributed by atoms with van der Waals surface area (Å²) in [5, 5.41) is 6.62. The molecule has 1 fully saturated rings. The summed E-state index contributed by atoms with van der Waals surface area (Å²) in [6.07, 6.45) is 6.26. The smallest absolute Gasteiger partial charge is 0.191 e. The van der Waals surface area contributed by atoms with Gasteiger partial charge in [0.2, 0.25) is 0 Å². The molecule has 26 heavy (non-hydrogen) atoms. The highest BCUT2D eigenvalue weighted by molar-refractivity contribution is 7.90. The molecule has 0 radical (unpaired) electrons. The molecule has 0 bridgehead atoms. The highest BCUT2D eigenvalue weighted by atomic mass is 32.2. The monoisotopic (exact) mass is 380 g/mol. The predicted octanol–water partition coefficient (Wildman–Crippen LogP) is 1.94. The van der Waals surface area contributed by atoms with Crippen molar-refractivity contribution >= 4 is 15.8 Å². The molecule has 1 aromatic rings. The van der Waals surface area contributed by atoms with Crippen molar-refractivity contribution < 1.29 is 8.42 Å². The zero-order chi connectivity index (χ0) is 19.0. The minimum absolute atomic E-state index is 0.391. The Labute approximate surface area is 158 Å². The number of unbranched alkanes of at least 4 members (excludes halogenated alkanes) is 1. The third-order valence-electron chi connectivity index (χ3n) is 4.71. The van der Waals surface area contributed by atoms with Gasteiger partial charge in [0.05, 0.1) is 4.90 Å². The highest BCUT2D eigenvalue weighted by Gasteiger charge is 2.11. The van der Waals surface area contributed by atoms with E-state index in [1.54, 1.807) is 13.1 Å². The van der Waals surface area contributed by atoms with Crippen molar-refractivity contribution in [3.05, 3.63) is 29.3 Å². The second-order valence-electron chi connectivity index (χ2n) is 6.98. The van der Waals surface area contributed by atoms with E-state index in [1.165, 1.54) is 45.2 Å². The van der Waals surface area contributed by atoms with Crippen LogP contribution < -0.4 is 10.6 Å². The van der Waals surface area contributed by atoms with E-state index in [1.807, 2.05) is 19.1 Å². The predicted molar refractivity (Wildman–Crippen MR) is 107 cm³/mol. The molecule has 2 rings (SSSR count). The first-order chi connectivity index (χ1) is 12.4. The number of aryl methyl sites for hydroxylation is 1. The van der Waals surface area contributed by atoms with Gasteiger partial charge >= 0.3 is 0 Å². The maximum Gasteiger partial charge on any atom is 0.191 e. The average Bonchev–Trinajstić information content (AvgIpc) is 3.09. The summed E-state index contributed by atoms with van der Waals surface area (Å²) < 4.78 is 23.4. The number of likely N-dealkylation sites (tertiary alicyclic amines) is 1. The van der Waals surface area contributed by atoms with E-state index in [0.717, 1.165) is 30.1 Å². The van der Waals surface area contributed by atoms with Crippen LogP contribution in [0.25, 0.3) is 0 Å². The van der Waals surface area contributed by atoms with Gasteiger partial charge in [-0.15, -0.1) is 0 Å². The van der Waals surface area contributed by atoms with Gasteiger partial charge in [-0.05, 0) is 69.4 Å². The quantitative estimate of drug-likeness (QED) is 0.410. The average molecular weight is 381 g/mol. The molecule has 146 valence electrons. The maximum absolute atomic E-state index is 11.7. The van der Waals surface area contributed by atoms with E-state index in [-0.39, 0.29) is 0 Å². The van der Waals surface area contributed by atoms with E-state index >= 15 is 0 Å². The zero-order valence-corrected chi connectivity index (χ0v) is 17.0. The summed E-state index contributed by atoms with van der Waals surface area (Å²) in [4.78, 5) is 7.17. The Balaban J connectivity index is 1.72. The second kappa shape index (κ2) is 9.92. The number of nitrogens with zero attached hydrogens (tertiary/aromatic N) is 2. The molecular formula is C19H32N4O2S. The molecule has 0 amide bonds. The van der Waals surface area contributed by atoms with E-state index in [9.17, 15) is 8.42 Å². The third kappa shape index (κ3) is 6.61. The Bertz CT molecular complexity index is 710. The van der Waals surface area contributed by atoms with Gasteiger partial charge in [-0.25, -0.2) is 8.42 Å². The second-order valence-corrected chi connectivity index (χ2v) is 8.96. The minimum atomic E-state index is -3.17. The standard InChI is InChI=1S/C19H32N4O2S/c1-16-14-17(8-9-18(16)26(3,24)25)15-22-19(20-2)21-10-4-5-11-23-12-6-7-13-23/h8-9,14H,4-7,10-13,15H2,1-3H3,(H2,20,21,22). The van der Waals surface area contributed by atoms with Gasteiger partial charge < -0.3 is 15.5 Å². The van der Waals surface area contributed by atoms with Crippen molar-refractivity contribution in [2.45, 2.75) is 44.0 Å². The highest BCUT2D eigenvalue weighted by Crippen LogP contribution is 2.16. The summed E-state index contributed by atoms with van der Waals surface area (Å²) in [6.45, 7) is 7.05. The van der Waals surface area contributed by atoms with Crippen LogP contribution in [0.1, 0.15) is 36.8 Å². The number of hydrogen-bond donors (Lipinski definition) is 2. The first-order valence-corrected chi connectivity index (χ1v) is 11.3. The topological polar surface area (TPSA) is 73.8 Å². The Morgan fingerprint density at radius 3 is 2.54 bits per heavy atom. The molecular weight excluding hydrogens is 348 g/mol. The molecule has 0 aromatic heterocycles. The number of sulfone groups is 1. The van der Waals surface area contributed by atoms with Crippen molar-refractivity contribution in [2.24, 2.45) is 4.99 Å². The van der Waals surface area contributed by atoms with Gasteiger partial charge in [0.25, 0.3) is 0 Å². The molecule has 6 nitrogen and oxygen atoms in total. The molecule has 0 aliphatic carbocycles. The van der Waals surface area contributed by atoms with E-state index in [2.05, 4.69) is 20.5 Å². The van der Waals surface area contributed by atoms with Crippen LogP contribution in [0.3, 0.4) is 0 Å². The van der Waals surface area contributed by atoms with E-state index in [4.69, 9.17) is 0 Å². The van der Waals surface area contributed by atoms with Crippen LogP contribution in [-0.4, -0.2) is 58.8 Å². The van der Waals surface area contributed by atoms with Gasteiger partial charge in [-0.3, -0.25) is 4.99 Å². The lowest BCUT2D eigenvalue weighted by atomic mass is 10.1. The number of hydrogen-bond acceptors (Lipinski definition) is 4. The van der Waals surface area contributed by atoms with E-state index < -0.39 is 9.84 Å². The molecule has 0 atom stereocenters. The lowest BCUT2D eigenvalue weighted by molar-refractivity contribution is 0.330. The largest absolute Gasteiger partial charge is 0.356 e. The van der Waals surface area contributed by atoms with Gasteiger partial charge in [-0.1, -0.05) is 12.1 Å². The zero-order valence-electron chi connectivity index (χ0n) is 16.2. The molecule has 1 aromatic carbocycles. The van der Waals surface area contributed by atoms with Crippen LogP contribution in [0.5, 0.6) is 0 Å². The SMILES string of the molecule is CN=C(NCCCCN1CCCC1)NCc1ccc(S(C)(=O)=O)c(C)c1. The molecule has 1 aliphatic heterocycles. The first-order valence-electron chi connectivity index (χ1n) is 9.36. The number of benzene rings is 1.